The third-order valence-corrected chi connectivity index (χ3v) is 4.58. The van der Waals surface area contributed by atoms with E-state index in [1.165, 1.54) is 30.8 Å². The van der Waals surface area contributed by atoms with Crippen molar-refractivity contribution in [1.82, 2.24) is 0 Å². The Kier molecular flexibility index (Phi) is 5.50. The highest BCUT2D eigenvalue weighted by Gasteiger charge is 2.32. The van der Waals surface area contributed by atoms with Crippen LogP contribution in [0.3, 0.4) is 0 Å². The summed E-state index contributed by atoms with van der Waals surface area (Å²) < 4.78 is 40.6. The van der Waals surface area contributed by atoms with Crippen LogP contribution in [-0.4, -0.2) is 29.8 Å². The number of benzene rings is 1. The number of anilines is 1. The van der Waals surface area contributed by atoms with Gasteiger partial charge in [0.25, 0.3) is 0 Å². The minimum atomic E-state index is -4.76. The van der Waals surface area contributed by atoms with Gasteiger partial charge in [0, 0.05) is 31.0 Å². The maximum atomic E-state index is 12.2. The van der Waals surface area contributed by atoms with Crippen molar-refractivity contribution in [2.24, 2.45) is 0 Å². The summed E-state index contributed by atoms with van der Waals surface area (Å²) in [6, 6.07) is 4.43. The zero-order chi connectivity index (χ0) is 16.3. The quantitative estimate of drug-likeness (QED) is 0.797. The Morgan fingerprint density at radius 1 is 1.50 bits per heavy atom. The van der Waals surface area contributed by atoms with E-state index in [1.807, 2.05) is 0 Å². The average molecular weight is 354 g/mol. The Bertz CT molecular complexity index is 553. The number of ether oxygens (including phenoxy) is 1. The third kappa shape index (κ3) is 4.71. The fourth-order valence-corrected chi connectivity index (χ4v) is 3.43. The standard InChI is InChI=1S/C14H15ClF3NO2S/c1-9(20)22-8-11-3-2-6-19(11)10-4-5-13(12(15)7-10)21-14(16,17)18/h4-5,7,11H,2-3,6,8H2,1H3/t11-/m1/s1. The maximum Gasteiger partial charge on any atom is 0.573 e. The highest BCUT2D eigenvalue weighted by Crippen LogP contribution is 2.35. The molecule has 1 atom stereocenters. The van der Waals surface area contributed by atoms with Crippen LogP contribution in [0.15, 0.2) is 18.2 Å². The molecule has 1 saturated heterocycles. The molecule has 0 bridgehead atoms. The Balaban J connectivity index is 2.11. The summed E-state index contributed by atoms with van der Waals surface area (Å²) in [5, 5.41) is -0.0292. The first-order valence-electron chi connectivity index (χ1n) is 6.71. The normalized spacial score (nSPS) is 18.6. The molecule has 0 aliphatic carbocycles. The van der Waals surface area contributed by atoms with Crippen molar-refractivity contribution < 1.29 is 22.7 Å². The Morgan fingerprint density at radius 3 is 2.82 bits per heavy atom. The van der Waals surface area contributed by atoms with E-state index in [-0.39, 0.29) is 16.2 Å². The van der Waals surface area contributed by atoms with Gasteiger partial charge in [-0.25, -0.2) is 0 Å². The number of rotatable bonds is 4. The van der Waals surface area contributed by atoms with Crippen molar-refractivity contribution >= 4 is 34.2 Å². The monoisotopic (exact) mass is 353 g/mol. The molecule has 0 amide bonds. The van der Waals surface area contributed by atoms with Gasteiger partial charge in [0.15, 0.2) is 5.12 Å². The van der Waals surface area contributed by atoms with Crippen molar-refractivity contribution in [2.75, 3.05) is 17.2 Å². The summed E-state index contributed by atoms with van der Waals surface area (Å²) in [6.07, 6.45) is -2.85. The molecule has 2 rings (SSSR count). The molecule has 0 N–H and O–H groups in total. The topological polar surface area (TPSA) is 29.5 Å². The molecule has 1 aliphatic rings. The summed E-state index contributed by atoms with van der Waals surface area (Å²) in [5.74, 6) is 0.250. The smallest absolute Gasteiger partial charge is 0.404 e. The van der Waals surface area contributed by atoms with Crippen LogP contribution in [0.1, 0.15) is 19.8 Å². The first-order chi connectivity index (χ1) is 10.3. The van der Waals surface area contributed by atoms with Crippen LogP contribution in [0.25, 0.3) is 0 Å². The number of nitrogens with zero attached hydrogens (tertiary/aromatic N) is 1. The molecule has 8 heteroatoms. The number of hydrogen-bond acceptors (Lipinski definition) is 4. The summed E-state index contributed by atoms with van der Waals surface area (Å²) in [5.41, 5.74) is 0.742. The molecular formula is C14H15ClF3NO2S. The molecule has 1 aliphatic heterocycles. The van der Waals surface area contributed by atoms with Gasteiger partial charge < -0.3 is 9.64 Å². The number of hydrogen-bond donors (Lipinski definition) is 0. The third-order valence-electron chi connectivity index (χ3n) is 3.33. The molecule has 22 heavy (non-hydrogen) atoms. The van der Waals surface area contributed by atoms with Crippen molar-refractivity contribution in [1.29, 1.82) is 0 Å². The Labute approximate surface area is 135 Å². The number of alkyl halides is 3. The van der Waals surface area contributed by atoms with E-state index in [0.717, 1.165) is 25.1 Å². The highest BCUT2D eigenvalue weighted by atomic mass is 35.5. The van der Waals surface area contributed by atoms with E-state index in [0.29, 0.717) is 5.75 Å². The molecule has 3 nitrogen and oxygen atoms in total. The van der Waals surface area contributed by atoms with E-state index >= 15 is 0 Å². The molecular weight excluding hydrogens is 339 g/mol. The number of thioether (sulfide) groups is 1. The van der Waals surface area contributed by atoms with Gasteiger partial charge in [0.2, 0.25) is 0 Å². The maximum absolute atomic E-state index is 12.2. The van der Waals surface area contributed by atoms with E-state index in [4.69, 9.17) is 11.6 Å². The van der Waals surface area contributed by atoms with E-state index in [1.54, 1.807) is 6.07 Å². The number of carbonyl (C=O) groups excluding carboxylic acids is 1. The summed E-state index contributed by atoms with van der Waals surface area (Å²) >= 11 is 7.13. The first-order valence-corrected chi connectivity index (χ1v) is 8.08. The van der Waals surface area contributed by atoms with Crippen LogP contribution >= 0.6 is 23.4 Å². The second kappa shape index (κ2) is 7.00. The van der Waals surface area contributed by atoms with Gasteiger partial charge in [0.1, 0.15) is 5.75 Å². The lowest BCUT2D eigenvalue weighted by molar-refractivity contribution is -0.274. The number of halogens is 4. The fraction of sp³-hybridized carbons (Fsp3) is 0.500. The minimum absolute atomic E-state index is 0.0545. The predicted octanol–water partition coefficient (Wildman–Crippen LogP) is 4.49. The zero-order valence-electron chi connectivity index (χ0n) is 11.8. The van der Waals surface area contributed by atoms with Crippen LogP contribution in [0, 0.1) is 0 Å². The molecule has 1 aromatic carbocycles. The van der Waals surface area contributed by atoms with Gasteiger partial charge in [-0.2, -0.15) is 0 Å². The molecule has 0 spiro atoms. The average Bonchev–Trinajstić information content (AvgIpc) is 2.85. The molecule has 0 saturated carbocycles. The zero-order valence-corrected chi connectivity index (χ0v) is 13.4. The molecule has 1 fully saturated rings. The van der Waals surface area contributed by atoms with Gasteiger partial charge in [-0.05, 0) is 31.0 Å². The van der Waals surface area contributed by atoms with Crippen LogP contribution in [-0.2, 0) is 4.79 Å². The van der Waals surface area contributed by atoms with Gasteiger partial charge in [-0.15, -0.1) is 13.2 Å². The Morgan fingerprint density at radius 2 is 2.23 bits per heavy atom. The molecule has 122 valence electrons. The second-order valence-corrected chi connectivity index (χ2v) is 6.56. The van der Waals surface area contributed by atoms with Crippen LogP contribution in [0.2, 0.25) is 5.02 Å². The lowest BCUT2D eigenvalue weighted by Crippen LogP contribution is -2.31. The molecule has 1 heterocycles. The Hall–Kier alpha value is -1.08. The lowest BCUT2D eigenvalue weighted by atomic mass is 10.2. The van der Waals surface area contributed by atoms with Crippen molar-refractivity contribution in [3.8, 4) is 5.75 Å². The summed E-state index contributed by atoms with van der Waals surface area (Å²) in [4.78, 5) is 13.1. The largest absolute Gasteiger partial charge is 0.573 e. The van der Waals surface area contributed by atoms with E-state index in [2.05, 4.69) is 9.64 Å². The van der Waals surface area contributed by atoms with Crippen LogP contribution in [0.4, 0.5) is 18.9 Å². The van der Waals surface area contributed by atoms with Crippen molar-refractivity contribution in [2.45, 2.75) is 32.2 Å². The molecule has 1 aromatic rings. The van der Waals surface area contributed by atoms with Gasteiger partial charge in [-0.3, -0.25) is 4.79 Å². The second-order valence-electron chi connectivity index (χ2n) is 4.95. The summed E-state index contributed by atoms with van der Waals surface area (Å²) in [7, 11) is 0. The van der Waals surface area contributed by atoms with Gasteiger partial charge in [0.05, 0.1) is 5.02 Å². The SMILES string of the molecule is CC(=O)SC[C@H]1CCCN1c1ccc(OC(F)(F)F)c(Cl)c1. The summed E-state index contributed by atoms with van der Waals surface area (Å²) in [6.45, 7) is 2.31. The minimum Gasteiger partial charge on any atom is -0.404 e. The fourth-order valence-electron chi connectivity index (χ4n) is 2.44. The van der Waals surface area contributed by atoms with Crippen LogP contribution in [0.5, 0.6) is 5.75 Å². The van der Waals surface area contributed by atoms with Gasteiger partial charge in [-0.1, -0.05) is 23.4 Å². The first kappa shape index (κ1) is 17.3. The highest BCUT2D eigenvalue weighted by molar-refractivity contribution is 8.13. The molecule has 0 aromatic heterocycles. The predicted molar refractivity (Wildman–Crippen MR) is 81.6 cm³/mol. The van der Waals surface area contributed by atoms with E-state index in [9.17, 15) is 18.0 Å². The molecule has 0 radical (unpaired) electrons. The lowest BCUT2D eigenvalue weighted by Gasteiger charge is -2.27. The number of carbonyl (C=O) groups is 1. The molecule has 0 unspecified atom stereocenters. The van der Waals surface area contributed by atoms with E-state index < -0.39 is 12.1 Å². The van der Waals surface area contributed by atoms with Crippen molar-refractivity contribution in [3.63, 3.8) is 0 Å². The van der Waals surface area contributed by atoms with Crippen molar-refractivity contribution in [3.05, 3.63) is 23.2 Å². The van der Waals surface area contributed by atoms with Gasteiger partial charge >= 0.3 is 6.36 Å². The van der Waals surface area contributed by atoms with Crippen LogP contribution < -0.4 is 9.64 Å².